The molecule has 0 saturated carbocycles. The standard InChI is InChI=1S/C16H17N5/c17-8-13-4-3-7-21(11-13)12-14-9-19-16(20-10-14)15-5-1-2-6-18-15/h1-2,5-6,9-10,13H,3-4,7,11-12H2/t13-/m0/s1. The maximum atomic E-state index is 9.03. The first-order valence-corrected chi connectivity index (χ1v) is 7.19. The van der Waals surface area contributed by atoms with Crippen molar-refractivity contribution < 1.29 is 0 Å². The van der Waals surface area contributed by atoms with Crippen LogP contribution in [0.25, 0.3) is 11.5 Å². The fraction of sp³-hybridized carbons (Fsp3) is 0.375. The van der Waals surface area contributed by atoms with E-state index in [1.165, 1.54) is 0 Å². The first kappa shape index (κ1) is 13.7. The third kappa shape index (κ3) is 3.41. The van der Waals surface area contributed by atoms with Crippen molar-refractivity contribution in [3.05, 3.63) is 42.4 Å². The molecule has 1 aliphatic heterocycles. The number of likely N-dealkylation sites (tertiary alicyclic amines) is 1. The molecule has 0 amide bonds. The van der Waals surface area contributed by atoms with Crippen LogP contribution in [-0.4, -0.2) is 32.9 Å². The lowest BCUT2D eigenvalue weighted by atomic mass is 9.99. The second-order valence-corrected chi connectivity index (χ2v) is 5.33. The van der Waals surface area contributed by atoms with Crippen LogP contribution in [0.4, 0.5) is 0 Å². The van der Waals surface area contributed by atoms with Gasteiger partial charge in [-0.15, -0.1) is 0 Å². The molecule has 0 radical (unpaired) electrons. The summed E-state index contributed by atoms with van der Waals surface area (Å²) in [5, 5.41) is 9.03. The van der Waals surface area contributed by atoms with Crippen LogP contribution in [0.15, 0.2) is 36.8 Å². The Bertz CT molecular complexity index is 617. The fourth-order valence-electron chi connectivity index (χ4n) is 2.63. The summed E-state index contributed by atoms with van der Waals surface area (Å²) in [5.41, 5.74) is 1.86. The van der Waals surface area contributed by atoms with Crippen LogP contribution in [0, 0.1) is 17.2 Å². The number of pyridine rings is 1. The molecule has 21 heavy (non-hydrogen) atoms. The van der Waals surface area contributed by atoms with Crippen LogP contribution in [0.5, 0.6) is 0 Å². The normalized spacial score (nSPS) is 19.1. The Morgan fingerprint density at radius 1 is 1.24 bits per heavy atom. The lowest BCUT2D eigenvalue weighted by molar-refractivity contribution is 0.192. The average Bonchev–Trinajstić information content (AvgIpc) is 2.56. The number of rotatable bonds is 3. The maximum Gasteiger partial charge on any atom is 0.178 e. The van der Waals surface area contributed by atoms with Crippen LogP contribution < -0.4 is 0 Å². The van der Waals surface area contributed by atoms with Gasteiger partial charge in [0, 0.05) is 37.2 Å². The van der Waals surface area contributed by atoms with E-state index in [1.54, 1.807) is 6.20 Å². The Labute approximate surface area is 124 Å². The number of piperidine rings is 1. The maximum absolute atomic E-state index is 9.03. The van der Waals surface area contributed by atoms with Crippen LogP contribution in [0.2, 0.25) is 0 Å². The number of hydrogen-bond donors (Lipinski definition) is 0. The Kier molecular flexibility index (Phi) is 4.17. The van der Waals surface area contributed by atoms with E-state index < -0.39 is 0 Å². The summed E-state index contributed by atoms with van der Waals surface area (Å²) in [7, 11) is 0. The molecule has 1 saturated heterocycles. The van der Waals surface area contributed by atoms with E-state index in [0.717, 1.165) is 43.7 Å². The number of hydrogen-bond acceptors (Lipinski definition) is 5. The van der Waals surface area contributed by atoms with Crippen molar-refractivity contribution in [2.45, 2.75) is 19.4 Å². The van der Waals surface area contributed by atoms with Gasteiger partial charge in [-0.3, -0.25) is 9.88 Å². The van der Waals surface area contributed by atoms with Gasteiger partial charge in [0.25, 0.3) is 0 Å². The van der Waals surface area contributed by atoms with Gasteiger partial charge in [-0.05, 0) is 31.5 Å². The van der Waals surface area contributed by atoms with Gasteiger partial charge in [0.1, 0.15) is 5.69 Å². The second-order valence-electron chi connectivity index (χ2n) is 5.33. The Morgan fingerprint density at radius 3 is 2.81 bits per heavy atom. The molecule has 5 heteroatoms. The summed E-state index contributed by atoms with van der Waals surface area (Å²) in [5.74, 6) is 0.806. The molecule has 0 N–H and O–H groups in total. The molecular formula is C16H17N5. The number of nitriles is 1. The van der Waals surface area contributed by atoms with Crippen molar-refractivity contribution in [1.82, 2.24) is 19.9 Å². The predicted octanol–water partition coefficient (Wildman–Crippen LogP) is 2.27. The zero-order valence-electron chi connectivity index (χ0n) is 11.8. The van der Waals surface area contributed by atoms with E-state index in [0.29, 0.717) is 5.82 Å². The van der Waals surface area contributed by atoms with Gasteiger partial charge in [-0.25, -0.2) is 9.97 Å². The highest BCUT2D eigenvalue weighted by molar-refractivity contribution is 5.47. The van der Waals surface area contributed by atoms with Crippen LogP contribution in [0.3, 0.4) is 0 Å². The molecule has 2 aromatic heterocycles. The van der Waals surface area contributed by atoms with Gasteiger partial charge in [-0.2, -0.15) is 5.26 Å². The van der Waals surface area contributed by atoms with Gasteiger partial charge in [-0.1, -0.05) is 6.07 Å². The minimum absolute atomic E-state index is 0.160. The molecule has 0 unspecified atom stereocenters. The smallest absolute Gasteiger partial charge is 0.178 e. The summed E-state index contributed by atoms with van der Waals surface area (Å²) in [4.78, 5) is 15.3. The van der Waals surface area contributed by atoms with Gasteiger partial charge in [0.05, 0.1) is 12.0 Å². The van der Waals surface area contributed by atoms with Crippen molar-refractivity contribution in [1.29, 1.82) is 5.26 Å². The minimum Gasteiger partial charge on any atom is -0.298 e. The predicted molar refractivity (Wildman–Crippen MR) is 78.9 cm³/mol. The number of nitrogens with zero attached hydrogens (tertiary/aromatic N) is 5. The van der Waals surface area contributed by atoms with Crippen molar-refractivity contribution >= 4 is 0 Å². The van der Waals surface area contributed by atoms with Gasteiger partial charge in [0.2, 0.25) is 0 Å². The summed E-state index contributed by atoms with van der Waals surface area (Å²) in [6, 6.07) is 8.07. The lowest BCUT2D eigenvalue weighted by Gasteiger charge is -2.29. The number of aromatic nitrogens is 3. The van der Waals surface area contributed by atoms with E-state index in [4.69, 9.17) is 5.26 Å². The van der Waals surface area contributed by atoms with Crippen molar-refractivity contribution in [3.63, 3.8) is 0 Å². The van der Waals surface area contributed by atoms with Gasteiger partial charge in [0.15, 0.2) is 5.82 Å². The van der Waals surface area contributed by atoms with E-state index in [1.807, 2.05) is 30.6 Å². The van der Waals surface area contributed by atoms with Gasteiger partial charge >= 0.3 is 0 Å². The molecule has 0 aromatic carbocycles. The third-order valence-electron chi connectivity index (χ3n) is 3.69. The van der Waals surface area contributed by atoms with Crippen LogP contribution >= 0.6 is 0 Å². The van der Waals surface area contributed by atoms with Gasteiger partial charge < -0.3 is 0 Å². The topological polar surface area (TPSA) is 65.7 Å². The molecule has 1 fully saturated rings. The summed E-state index contributed by atoms with van der Waals surface area (Å²) in [6.45, 7) is 2.69. The molecule has 106 valence electrons. The van der Waals surface area contributed by atoms with Crippen molar-refractivity contribution in [2.75, 3.05) is 13.1 Å². The molecule has 1 atom stereocenters. The molecule has 3 heterocycles. The molecular weight excluding hydrogens is 262 g/mol. The highest BCUT2D eigenvalue weighted by atomic mass is 15.1. The van der Waals surface area contributed by atoms with Crippen LogP contribution in [0.1, 0.15) is 18.4 Å². The monoisotopic (exact) mass is 279 g/mol. The molecule has 1 aliphatic rings. The quantitative estimate of drug-likeness (QED) is 0.862. The largest absolute Gasteiger partial charge is 0.298 e. The molecule has 0 bridgehead atoms. The zero-order valence-corrected chi connectivity index (χ0v) is 11.8. The molecule has 0 aliphatic carbocycles. The highest BCUT2D eigenvalue weighted by Gasteiger charge is 2.19. The SMILES string of the molecule is N#C[C@@H]1CCCN(Cc2cnc(-c3ccccn3)nc2)C1. The average molecular weight is 279 g/mol. The Balaban J connectivity index is 1.66. The van der Waals surface area contributed by atoms with Crippen LogP contribution in [-0.2, 0) is 6.54 Å². The van der Waals surface area contributed by atoms with E-state index in [-0.39, 0.29) is 5.92 Å². The fourth-order valence-corrected chi connectivity index (χ4v) is 2.63. The molecule has 5 nitrogen and oxygen atoms in total. The summed E-state index contributed by atoms with van der Waals surface area (Å²) >= 11 is 0. The Hall–Kier alpha value is -2.32. The molecule has 2 aromatic rings. The summed E-state index contributed by atoms with van der Waals surface area (Å²) < 4.78 is 0. The van der Waals surface area contributed by atoms with E-state index in [2.05, 4.69) is 25.9 Å². The second kappa shape index (κ2) is 6.42. The highest BCUT2D eigenvalue weighted by Crippen LogP contribution is 2.18. The first-order valence-electron chi connectivity index (χ1n) is 7.19. The minimum atomic E-state index is 0.160. The summed E-state index contributed by atoms with van der Waals surface area (Å²) in [6.07, 6.45) is 7.55. The Morgan fingerprint density at radius 2 is 2.10 bits per heavy atom. The lowest BCUT2D eigenvalue weighted by Crippen LogP contribution is -2.34. The van der Waals surface area contributed by atoms with E-state index >= 15 is 0 Å². The first-order chi connectivity index (χ1) is 10.3. The molecule has 0 spiro atoms. The van der Waals surface area contributed by atoms with E-state index in [9.17, 15) is 0 Å². The van der Waals surface area contributed by atoms with Crippen molar-refractivity contribution in [2.24, 2.45) is 5.92 Å². The third-order valence-corrected chi connectivity index (χ3v) is 3.69. The molecule has 3 rings (SSSR count). The zero-order chi connectivity index (χ0) is 14.5. The van der Waals surface area contributed by atoms with Crippen molar-refractivity contribution in [3.8, 4) is 17.6 Å².